The zero-order valence-corrected chi connectivity index (χ0v) is 23.4. The molecule has 204 valence electrons. The average molecular weight is 556 g/mol. The van der Waals surface area contributed by atoms with Gasteiger partial charge in [0.25, 0.3) is 5.91 Å². The summed E-state index contributed by atoms with van der Waals surface area (Å²) in [6.07, 6.45) is 1.09. The summed E-state index contributed by atoms with van der Waals surface area (Å²) in [6, 6.07) is 15.6. The summed E-state index contributed by atoms with van der Waals surface area (Å²) in [4.78, 5) is 47.6. The molecule has 2 aromatic heterocycles. The van der Waals surface area contributed by atoms with E-state index in [2.05, 4.69) is 16.3 Å². The molecule has 9 heteroatoms. The van der Waals surface area contributed by atoms with E-state index in [9.17, 15) is 14.4 Å². The van der Waals surface area contributed by atoms with E-state index >= 15 is 0 Å². The number of para-hydroxylation sites is 1. The van der Waals surface area contributed by atoms with Crippen molar-refractivity contribution in [3.63, 3.8) is 0 Å². The highest BCUT2D eigenvalue weighted by Crippen LogP contribution is 2.45. The number of aromatic nitrogens is 1. The van der Waals surface area contributed by atoms with Gasteiger partial charge in [-0.1, -0.05) is 42.5 Å². The number of nitrogens with zero attached hydrogens (tertiary/aromatic N) is 2. The molecule has 0 saturated carbocycles. The van der Waals surface area contributed by atoms with Gasteiger partial charge in [-0.15, -0.1) is 11.3 Å². The molecule has 1 atom stereocenters. The van der Waals surface area contributed by atoms with E-state index in [4.69, 9.17) is 14.5 Å². The third-order valence-corrected chi connectivity index (χ3v) is 8.81. The van der Waals surface area contributed by atoms with E-state index in [1.807, 2.05) is 49.5 Å². The van der Waals surface area contributed by atoms with Crippen LogP contribution in [0.2, 0.25) is 0 Å². The Bertz CT molecular complexity index is 1680. The molecule has 4 aromatic rings. The number of rotatable bonds is 5. The van der Waals surface area contributed by atoms with Crippen LogP contribution in [0.15, 0.2) is 48.5 Å². The number of hydrogen-bond acceptors (Lipinski definition) is 8. The molecule has 1 N–H and O–H groups in total. The number of carbonyl (C=O) groups excluding carboxylic acids is 3. The number of ether oxygens (including phenoxy) is 2. The fraction of sp³-hybridized carbons (Fsp3) is 0.290. The van der Waals surface area contributed by atoms with E-state index in [1.165, 1.54) is 30.9 Å². The molecule has 6 rings (SSSR count). The standard InChI is InChI=1S/C31H29N3O5S/c1-17(39-31(37)25-20-10-6-7-11-23(20)32-24-14-15-34(2)16-22(24)25)28(35)33-29-26(30(36)38-3)21-13-12-18-8-4-5-9-19(18)27(21)40-29/h4-11,17H,12-16H2,1-3H3,(H,33,35). The lowest BCUT2D eigenvalue weighted by molar-refractivity contribution is -0.123. The van der Waals surface area contributed by atoms with Crippen molar-refractivity contribution >= 4 is 45.1 Å². The number of esters is 2. The topological polar surface area (TPSA) is 97.8 Å². The Morgan fingerprint density at radius 1 is 0.975 bits per heavy atom. The minimum atomic E-state index is -1.10. The Morgan fingerprint density at radius 3 is 2.58 bits per heavy atom. The summed E-state index contributed by atoms with van der Waals surface area (Å²) in [5, 5.41) is 3.96. The second-order valence-electron chi connectivity index (χ2n) is 10.2. The van der Waals surface area contributed by atoms with Crippen LogP contribution in [-0.2, 0) is 40.1 Å². The van der Waals surface area contributed by atoms with E-state index in [0.717, 1.165) is 52.2 Å². The lowest BCUT2D eigenvalue weighted by Gasteiger charge is -2.27. The van der Waals surface area contributed by atoms with Crippen molar-refractivity contribution in [2.24, 2.45) is 0 Å². The van der Waals surface area contributed by atoms with Crippen molar-refractivity contribution in [2.75, 3.05) is 26.0 Å². The summed E-state index contributed by atoms with van der Waals surface area (Å²) >= 11 is 1.34. The number of nitrogens with one attached hydrogen (secondary N) is 1. The second kappa shape index (κ2) is 10.5. The molecule has 0 fully saturated rings. The number of methoxy groups -OCH3 is 1. The van der Waals surface area contributed by atoms with Gasteiger partial charge in [-0.25, -0.2) is 9.59 Å². The molecular weight excluding hydrogens is 526 g/mol. The number of thiophene rings is 1. The van der Waals surface area contributed by atoms with Crippen molar-refractivity contribution in [1.29, 1.82) is 0 Å². The zero-order valence-electron chi connectivity index (χ0n) is 22.6. The Morgan fingerprint density at radius 2 is 1.75 bits per heavy atom. The van der Waals surface area contributed by atoms with E-state index in [1.54, 1.807) is 0 Å². The van der Waals surface area contributed by atoms with Crippen molar-refractivity contribution in [1.82, 2.24) is 9.88 Å². The van der Waals surface area contributed by atoms with E-state index < -0.39 is 23.9 Å². The molecule has 0 radical (unpaired) electrons. The van der Waals surface area contributed by atoms with Crippen molar-refractivity contribution < 1.29 is 23.9 Å². The molecule has 40 heavy (non-hydrogen) atoms. The van der Waals surface area contributed by atoms with Gasteiger partial charge in [0, 0.05) is 41.0 Å². The molecule has 1 amide bonds. The van der Waals surface area contributed by atoms with Gasteiger partial charge >= 0.3 is 11.9 Å². The molecule has 2 aliphatic rings. The summed E-state index contributed by atoms with van der Waals surface area (Å²) in [7, 11) is 3.33. The fourth-order valence-electron chi connectivity index (χ4n) is 5.59. The van der Waals surface area contributed by atoms with E-state index in [-0.39, 0.29) is 0 Å². The predicted molar refractivity (Wildman–Crippen MR) is 154 cm³/mol. The summed E-state index contributed by atoms with van der Waals surface area (Å²) in [6.45, 7) is 2.96. The van der Waals surface area contributed by atoms with Crippen molar-refractivity contribution in [3.05, 3.63) is 82.0 Å². The highest BCUT2D eigenvalue weighted by Gasteiger charge is 2.32. The molecule has 1 aliphatic heterocycles. The van der Waals surface area contributed by atoms with Crippen LogP contribution in [0.5, 0.6) is 0 Å². The van der Waals surface area contributed by atoms with Crippen LogP contribution in [0.3, 0.4) is 0 Å². The number of pyridine rings is 1. The van der Waals surface area contributed by atoms with Crippen LogP contribution in [0.1, 0.15) is 50.0 Å². The average Bonchev–Trinajstić information content (AvgIpc) is 3.33. The normalized spacial score (nSPS) is 15.0. The minimum absolute atomic E-state index is 0.362. The largest absolute Gasteiger partial charge is 0.465 e. The van der Waals surface area contributed by atoms with Crippen molar-refractivity contribution in [2.45, 2.75) is 38.8 Å². The van der Waals surface area contributed by atoms with Crippen LogP contribution in [0, 0.1) is 0 Å². The third-order valence-electron chi connectivity index (χ3n) is 7.63. The second-order valence-corrected chi connectivity index (χ2v) is 11.2. The van der Waals surface area contributed by atoms with Gasteiger partial charge < -0.3 is 19.7 Å². The molecule has 0 bridgehead atoms. The predicted octanol–water partition coefficient (Wildman–Crippen LogP) is 5.02. The molecule has 3 heterocycles. The molecular formula is C31H29N3O5S. The molecule has 0 saturated heterocycles. The first kappa shape index (κ1) is 26.2. The zero-order chi connectivity index (χ0) is 28.0. The molecule has 1 aliphatic carbocycles. The van der Waals surface area contributed by atoms with Gasteiger partial charge in [0.05, 0.1) is 23.8 Å². The maximum absolute atomic E-state index is 13.6. The van der Waals surface area contributed by atoms with Gasteiger partial charge in [-0.3, -0.25) is 9.78 Å². The Kier molecular flexibility index (Phi) is 6.85. The first-order valence-corrected chi connectivity index (χ1v) is 14.1. The van der Waals surface area contributed by atoms with Gasteiger partial charge in [-0.05, 0) is 49.6 Å². The third kappa shape index (κ3) is 4.55. The highest BCUT2D eigenvalue weighted by molar-refractivity contribution is 7.20. The monoisotopic (exact) mass is 555 g/mol. The Labute approximate surface area is 235 Å². The maximum Gasteiger partial charge on any atom is 0.341 e. The number of likely N-dealkylation sites (N-methyl/N-ethyl adjacent to an activating group) is 1. The number of hydrogen-bond donors (Lipinski definition) is 1. The smallest absolute Gasteiger partial charge is 0.341 e. The Balaban J connectivity index is 1.29. The SMILES string of the molecule is COC(=O)c1c(NC(=O)C(C)OC(=O)c2c3c(nc4ccccc24)CCN(C)C3)sc2c1CCc1ccccc1-2. The van der Waals surface area contributed by atoms with Crippen LogP contribution in [0.25, 0.3) is 21.3 Å². The van der Waals surface area contributed by atoms with Crippen LogP contribution in [0.4, 0.5) is 5.00 Å². The van der Waals surface area contributed by atoms with E-state index in [0.29, 0.717) is 34.5 Å². The van der Waals surface area contributed by atoms with Crippen LogP contribution < -0.4 is 5.32 Å². The minimum Gasteiger partial charge on any atom is -0.465 e. The van der Waals surface area contributed by atoms with Gasteiger partial charge in [0.1, 0.15) is 5.00 Å². The summed E-state index contributed by atoms with van der Waals surface area (Å²) < 4.78 is 10.8. The number of fused-ring (bicyclic) bond motifs is 5. The number of carbonyl (C=O) groups is 3. The van der Waals surface area contributed by atoms with Crippen LogP contribution in [-0.4, -0.2) is 54.5 Å². The number of anilines is 1. The number of amides is 1. The Hall–Kier alpha value is -4.08. The summed E-state index contributed by atoms with van der Waals surface area (Å²) in [5.41, 5.74) is 6.38. The molecule has 8 nitrogen and oxygen atoms in total. The molecule has 2 aromatic carbocycles. The first-order valence-electron chi connectivity index (χ1n) is 13.3. The fourth-order valence-corrected chi connectivity index (χ4v) is 6.89. The summed E-state index contributed by atoms with van der Waals surface area (Å²) in [5.74, 6) is -1.59. The lowest BCUT2D eigenvalue weighted by atomic mass is 9.89. The maximum atomic E-state index is 13.6. The first-order chi connectivity index (χ1) is 19.4. The van der Waals surface area contributed by atoms with Gasteiger partial charge in [0.2, 0.25) is 0 Å². The quantitative estimate of drug-likeness (QED) is 0.345. The molecule has 1 unspecified atom stereocenters. The van der Waals surface area contributed by atoms with Gasteiger partial charge in [-0.2, -0.15) is 0 Å². The number of benzene rings is 2. The lowest BCUT2D eigenvalue weighted by Crippen LogP contribution is -2.32. The van der Waals surface area contributed by atoms with Crippen LogP contribution >= 0.6 is 11.3 Å². The van der Waals surface area contributed by atoms with Gasteiger partial charge in [0.15, 0.2) is 6.10 Å². The highest BCUT2D eigenvalue weighted by atomic mass is 32.1. The molecule has 0 spiro atoms. The van der Waals surface area contributed by atoms with Crippen molar-refractivity contribution in [3.8, 4) is 10.4 Å². The number of aryl methyl sites for hydroxylation is 1.